The number of amides is 1. The van der Waals surface area contributed by atoms with Crippen molar-refractivity contribution in [3.8, 4) is 0 Å². The first-order chi connectivity index (χ1) is 6.81. The fourth-order valence-corrected chi connectivity index (χ4v) is 1.38. The number of pyridine rings is 1. The molecule has 0 aromatic carbocycles. The van der Waals surface area contributed by atoms with Crippen molar-refractivity contribution in [1.29, 1.82) is 0 Å². The maximum absolute atomic E-state index is 11.4. The second-order valence-electron chi connectivity index (χ2n) is 3.06. The number of cyclic esters (lactones) is 1. The highest BCUT2D eigenvalue weighted by Crippen LogP contribution is 2.19. The second kappa shape index (κ2) is 3.63. The molecule has 1 amide bonds. The topological polar surface area (TPSA) is 68.5 Å². The Kier molecular flexibility index (Phi) is 2.32. The maximum Gasteiger partial charge on any atom is 0.414 e. The summed E-state index contributed by atoms with van der Waals surface area (Å²) in [5.41, 5.74) is 6.21. The van der Waals surface area contributed by atoms with Crippen LogP contribution in [-0.4, -0.2) is 30.3 Å². The molecule has 14 heavy (non-hydrogen) atoms. The molecular formula is C9H11N3O2. The average Bonchev–Trinajstić information content (AvgIpc) is 2.61. The molecule has 5 nitrogen and oxygen atoms in total. The fraction of sp³-hybridized carbons (Fsp3) is 0.333. The molecule has 2 N–H and O–H groups in total. The normalized spacial score (nSPS) is 21.1. The van der Waals surface area contributed by atoms with Gasteiger partial charge in [-0.15, -0.1) is 0 Å². The van der Waals surface area contributed by atoms with Crippen LogP contribution in [0.15, 0.2) is 24.5 Å². The van der Waals surface area contributed by atoms with Crippen molar-refractivity contribution < 1.29 is 9.53 Å². The van der Waals surface area contributed by atoms with Crippen molar-refractivity contribution in [3.63, 3.8) is 0 Å². The summed E-state index contributed by atoms with van der Waals surface area (Å²) >= 11 is 0. The molecule has 0 radical (unpaired) electrons. The van der Waals surface area contributed by atoms with Crippen LogP contribution in [0, 0.1) is 0 Å². The smallest absolute Gasteiger partial charge is 0.414 e. The molecule has 5 heteroatoms. The Morgan fingerprint density at radius 2 is 2.29 bits per heavy atom. The molecule has 1 aliphatic heterocycles. The molecule has 74 valence electrons. The van der Waals surface area contributed by atoms with Crippen LogP contribution in [0.5, 0.6) is 0 Å². The number of hydrogen-bond acceptors (Lipinski definition) is 4. The van der Waals surface area contributed by atoms with Gasteiger partial charge >= 0.3 is 6.09 Å². The molecule has 2 rings (SSSR count). The van der Waals surface area contributed by atoms with Gasteiger partial charge < -0.3 is 10.5 Å². The lowest BCUT2D eigenvalue weighted by Gasteiger charge is -2.11. The van der Waals surface area contributed by atoms with E-state index in [1.165, 1.54) is 0 Å². The largest absolute Gasteiger partial charge is 0.443 e. The first-order valence-corrected chi connectivity index (χ1v) is 4.39. The van der Waals surface area contributed by atoms with E-state index in [4.69, 9.17) is 10.5 Å². The first-order valence-electron chi connectivity index (χ1n) is 4.39. The van der Waals surface area contributed by atoms with Gasteiger partial charge in [0.15, 0.2) is 0 Å². The zero-order valence-electron chi connectivity index (χ0n) is 7.59. The number of nitrogens with zero attached hydrogens (tertiary/aromatic N) is 2. The third kappa shape index (κ3) is 1.54. The van der Waals surface area contributed by atoms with Gasteiger partial charge in [0, 0.05) is 18.9 Å². The minimum atomic E-state index is -0.341. The molecule has 1 aromatic heterocycles. The van der Waals surface area contributed by atoms with Crippen LogP contribution < -0.4 is 10.6 Å². The van der Waals surface area contributed by atoms with Gasteiger partial charge in [-0.1, -0.05) is 0 Å². The zero-order chi connectivity index (χ0) is 9.97. The third-order valence-electron chi connectivity index (χ3n) is 2.11. The van der Waals surface area contributed by atoms with E-state index in [2.05, 4.69) is 4.98 Å². The summed E-state index contributed by atoms with van der Waals surface area (Å²) in [6.45, 7) is 0.868. The molecule has 0 saturated carbocycles. The van der Waals surface area contributed by atoms with Crippen molar-refractivity contribution in [1.82, 2.24) is 4.98 Å². The number of ether oxygens (including phenoxy) is 1. The molecule has 1 aromatic rings. The summed E-state index contributed by atoms with van der Waals surface area (Å²) in [4.78, 5) is 16.8. The van der Waals surface area contributed by atoms with Crippen LogP contribution in [0.2, 0.25) is 0 Å². The Hall–Kier alpha value is -1.62. The zero-order valence-corrected chi connectivity index (χ0v) is 7.59. The van der Waals surface area contributed by atoms with Crippen LogP contribution in [-0.2, 0) is 4.74 Å². The van der Waals surface area contributed by atoms with Crippen molar-refractivity contribution in [3.05, 3.63) is 24.5 Å². The number of rotatable bonds is 2. The van der Waals surface area contributed by atoms with Crippen LogP contribution in [0.1, 0.15) is 0 Å². The number of aromatic nitrogens is 1. The van der Waals surface area contributed by atoms with Gasteiger partial charge in [-0.25, -0.2) is 4.79 Å². The number of nitrogens with two attached hydrogens (primary N) is 1. The lowest BCUT2D eigenvalue weighted by molar-refractivity contribution is 0.145. The van der Waals surface area contributed by atoms with Gasteiger partial charge in [-0.2, -0.15) is 0 Å². The van der Waals surface area contributed by atoms with Crippen molar-refractivity contribution in [2.45, 2.75) is 6.10 Å². The minimum absolute atomic E-state index is 0.198. The van der Waals surface area contributed by atoms with Crippen molar-refractivity contribution >= 4 is 11.8 Å². The molecule has 1 unspecified atom stereocenters. The summed E-state index contributed by atoms with van der Waals surface area (Å²) in [6, 6.07) is 3.53. The molecule has 2 heterocycles. The van der Waals surface area contributed by atoms with E-state index in [0.29, 0.717) is 13.1 Å². The number of carbonyl (C=O) groups excluding carboxylic acids is 1. The quantitative estimate of drug-likeness (QED) is 0.736. The Bertz CT molecular complexity index is 328. The average molecular weight is 193 g/mol. The summed E-state index contributed by atoms with van der Waals surface area (Å²) in [6.07, 6.45) is 2.74. The molecule has 1 fully saturated rings. The number of anilines is 1. The second-order valence-corrected chi connectivity index (χ2v) is 3.06. The molecule has 1 atom stereocenters. The predicted octanol–water partition coefficient (Wildman–Crippen LogP) is 0.365. The van der Waals surface area contributed by atoms with Crippen LogP contribution in [0.4, 0.5) is 10.5 Å². The molecule has 1 aliphatic rings. The molecule has 0 aliphatic carbocycles. The van der Waals surface area contributed by atoms with Gasteiger partial charge in [0.1, 0.15) is 6.10 Å². The van der Waals surface area contributed by atoms with Crippen LogP contribution >= 0.6 is 0 Å². The van der Waals surface area contributed by atoms with Gasteiger partial charge in [-0.3, -0.25) is 9.88 Å². The predicted molar refractivity (Wildman–Crippen MR) is 50.9 cm³/mol. The molecule has 1 saturated heterocycles. The molecule has 0 spiro atoms. The summed E-state index contributed by atoms with van der Waals surface area (Å²) in [5.74, 6) is 0. The first kappa shape index (κ1) is 8.96. The highest BCUT2D eigenvalue weighted by molar-refractivity contribution is 5.89. The minimum Gasteiger partial charge on any atom is -0.443 e. The SMILES string of the molecule is NCC1CN(c2ccncc2)C(=O)O1. The van der Waals surface area contributed by atoms with Gasteiger partial charge in [0.2, 0.25) is 0 Å². The van der Waals surface area contributed by atoms with Gasteiger partial charge in [-0.05, 0) is 12.1 Å². The highest BCUT2D eigenvalue weighted by atomic mass is 16.6. The van der Waals surface area contributed by atoms with E-state index in [1.54, 1.807) is 29.4 Å². The third-order valence-corrected chi connectivity index (χ3v) is 2.11. The lowest BCUT2D eigenvalue weighted by Crippen LogP contribution is -2.27. The van der Waals surface area contributed by atoms with E-state index in [9.17, 15) is 4.79 Å². The lowest BCUT2D eigenvalue weighted by atomic mass is 10.3. The van der Waals surface area contributed by atoms with E-state index in [-0.39, 0.29) is 12.2 Å². The Morgan fingerprint density at radius 1 is 1.57 bits per heavy atom. The van der Waals surface area contributed by atoms with Gasteiger partial charge in [0.05, 0.1) is 12.2 Å². The Morgan fingerprint density at radius 3 is 2.86 bits per heavy atom. The Balaban J connectivity index is 2.17. The maximum atomic E-state index is 11.4. The van der Waals surface area contributed by atoms with Crippen molar-refractivity contribution in [2.24, 2.45) is 5.73 Å². The summed E-state index contributed by atoms with van der Waals surface area (Å²) < 4.78 is 5.02. The van der Waals surface area contributed by atoms with E-state index < -0.39 is 0 Å². The number of carbonyl (C=O) groups is 1. The van der Waals surface area contributed by atoms with E-state index in [1.807, 2.05) is 0 Å². The van der Waals surface area contributed by atoms with E-state index in [0.717, 1.165) is 5.69 Å². The summed E-state index contributed by atoms with van der Waals surface area (Å²) in [7, 11) is 0. The highest BCUT2D eigenvalue weighted by Gasteiger charge is 2.31. The standard InChI is InChI=1S/C9H11N3O2/c10-5-8-6-12(9(13)14-8)7-1-3-11-4-2-7/h1-4,8H,5-6,10H2. The Labute approximate surface area is 81.5 Å². The fourth-order valence-electron chi connectivity index (χ4n) is 1.38. The van der Waals surface area contributed by atoms with Crippen LogP contribution in [0.25, 0.3) is 0 Å². The number of hydrogen-bond donors (Lipinski definition) is 1. The summed E-state index contributed by atoms with van der Waals surface area (Å²) in [5, 5.41) is 0. The van der Waals surface area contributed by atoms with E-state index >= 15 is 0 Å². The monoisotopic (exact) mass is 193 g/mol. The van der Waals surface area contributed by atoms with Gasteiger partial charge in [0.25, 0.3) is 0 Å². The molecule has 0 bridgehead atoms. The molecular weight excluding hydrogens is 182 g/mol. The van der Waals surface area contributed by atoms with Crippen LogP contribution in [0.3, 0.4) is 0 Å². The van der Waals surface area contributed by atoms with Crippen molar-refractivity contribution in [2.75, 3.05) is 18.0 Å².